The van der Waals surface area contributed by atoms with E-state index in [-0.39, 0.29) is 0 Å². The van der Waals surface area contributed by atoms with Crippen molar-refractivity contribution in [3.8, 4) is 11.3 Å². The van der Waals surface area contributed by atoms with E-state index in [4.69, 9.17) is 4.42 Å². The molecule has 0 saturated heterocycles. The Labute approximate surface area is 96.6 Å². The summed E-state index contributed by atoms with van der Waals surface area (Å²) in [7, 11) is 1.93. The first-order valence-corrected chi connectivity index (χ1v) is 5.42. The van der Waals surface area contributed by atoms with Crippen LogP contribution >= 0.6 is 15.9 Å². The summed E-state index contributed by atoms with van der Waals surface area (Å²) in [5.74, 6) is 0.786. The zero-order chi connectivity index (χ0) is 10.7. The molecule has 0 unspecified atom stereocenters. The smallest absolute Gasteiger partial charge is 0.181 e. The van der Waals surface area contributed by atoms with Gasteiger partial charge in [0.05, 0.1) is 6.20 Å². The van der Waals surface area contributed by atoms with Crippen molar-refractivity contribution in [2.24, 2.45) is 0 Å². The summed E-state index contributed by atoms with van der Waals surface area (Å²) >= 11 is 3.48. The fourth-order valence-corrected chi connectivity index (χ4v) is 2.00. The van der Waals surface area contributed by atoms with E-state index in [1.165, 1.54) is 12.0 Å². The standard InChI is InChI=1S/C11H11BrN2O/c1-13-5-8-2-9(4-10(12)3-8)11-6-14-7-15-11/h2-4,6-7,13H,5H2,1H3. The van der Waals surface area contributed by atoms with Gasteiger partial charge in [0.15, 0.2) is 12.2 Å². The highest BCUT2D eigenvalue weighted by Gasteiger charge is 2.04. The van der Waals surface area contributed by atoms with E-state index in [1.807, 2.05) is 13.1 Å². The van der Waals surface area contributed by atoms with E-state index < -0.39 is 0 Å². The third-order valence-electron chi connectivity index (χ3n) is 2.06. The van der Waals surface area contributed by atoms with Gasteiger partial charge in [-0.2, -0.15) is 0 Å². The number of nitrogens with zero attached hydrogens (tertiary/aromatic N) is 1. The minimum absolute atomic E-state index is 0.786. The first-order valence-electron chi connectivity index (χ1n) is 4.62. The molecule has 1 heterocycles. The number of benzene rings is 1. The minimum atomic E-state index is 0.786. The van der Waals surface area contributed by atoms with E-state index in [0.29, 0.717) is 0 Å². The molecule has 2 rings (SSSR count). The number of oxazole rings is 1. The van der Waals surface area contributed by atoms with Gasteiger partial charge in [0, 0.05) is 16.6 Å². The molecule has 4 heteroatoms. The Bertz CT molecular complexity index is 440. The van der Waals surface area contributed by atoms with Crippen LogP contribution in [0.2, 0.25) is 0 Å². The lowest BCUT2D eigenvalue weighted by Crippen LogP contribution is -2.04. The van der Waals surface area contributed by atoms with Crippen molar-refractivity contribution in [2.45, 2.75) is 6.54 Å². The van der Waals surface area contributed by atoms with E-state index in [1.54, 1.807) is 6.20 Å². The molecule has 0 fully saturated rings. The number of hydrogen-bond acceptors (Lipinski definition) is 3. The van der Waals surface area contributed by atoms with Gasteiger partial charge < -0.3 is 9.73 Å². The first-order chi connectivity index (χ1) is 7.29. The Morgan fingerprint density at radius 3 is 2.93 bits per heavy atom. The molecule has 3 nitrogen and oxygen atoms in total. The van der Waals surface area contributed by atoms with Crippen molar-refractivity contribution < 1.29 is 4.42 Å². The second kappa shape index (κ2) is 4.59. The lowest BCUT2D eigenvalue weighted by molar-refractivity contribution is 0.572. The molecule has 0 aliphatic carbocycles. The highest BCUT2D eigenvalue weighted by atomic mass is 79.9. The van der Waals surface area contributed by atoms with Crippen LogP contribution < -0.4 is 5.32 Å². The maximum absolute atomic E-state index is 5.26. The molecule has 15 heavy (non-hydrogen) atoms. The van der Waals surface area contributed by atoms with Crippen LogP contribution in [0.5, 0.6) is 0 Å². The molecule has 1 aromatic carbocycles. The number of halogens is 1. The van der Waals surface area contributed by atoms with Crippen molar-refractivity contribution in [3.63, 3.8) is 0 Å². The van der Waals surface area contributed by atoms with Gasteiger partial charge in [-0.25, -0.2) is 4.98 Å². The van der Waals surface area contributed by atoms with Crippen molar-refractivity contribution >= 4 is 15.9 Å². The SMILES string of the molecule is CNCc1cc(Br)cc(-c2cnco2)c1. The van der Waals surface area contributed by atoms with Gasteiger partial charge in [-0.15, -0.1) is 0 Å². The summed E-state index contributed by atoms with van der Waals surface area (Å²) in [4.78, 5) is 3.91. The quantitative estimate of drug-likeness (QED) is 0.929. The Hall–Kier alpha value is -1.13. The maximum atomic E-state index is 5.26. The van der Waals surface area contributed by atoms with Gasteiger partial charge >= 0.3 is 0 Å². The van der Waals surface area contributed by atoms with Gasteiger partial charge in [-0.3, -0.25) is 0 Å². The van der Waals surface area contributed by atoms with Crippen LogP contribution in [0.4, 0.5) is 0 Å². The zero-order valence-corrected chi connectivity index (χ0v) is 9.91. The molecule has 0 saturated carbocycles. The van der Waals surface area contributed by atoms with Crippen molar-refractivity contribution in [1.29, 1.82) is 0 Å². The number of aromatic nitrogens is 1. The van der Waals surface area contributed by atoms with Gasteiger partial charge in [-0.1, -0.05) is 15.9 Å². The lowest BCUT2D eigenvalue weighted by Gasteiger charge is -2.04. The second-order valence-corrected chi connectivity index (χ2v) is 4.16. The molecule has 0 aliphatic heterocycles. The third-order valence-corrected chi connectivity index (χ3v) is 2.51. The molecule has 0 aliphatic rings. The number of nitrogens with one attached hydrogen (secondary N) is 1. The molecular formula is C11H11BrN2O. The highest BCUT2D eigenvalue weighted by molar-refractivity contribution is 9.10. The van der Waals surface area contributed by atoms with E-state index in [0.717, 1.165) is 22.3 Å². The molecule has 0 amide bonds. The molecule has 1 N–H and O–H groups in total. The molecular weight excluding hydrogens is 256 g/mol. The summed E-state index contributed by atoms with van der Waals surface area (Å²) in [5.41, 5.74) is 2.24. The lowest BCUT2D eigenvalue weighted by atomic mass is 10.1. The largest absolute Gasteiger partial charge is 0.444 e. The fourth-order valence-electron chi connectivity index (χ4n) is 1.46. The molecule has 0 bridgehead atoms. The van der Waals surface area contributed by atoms with Gasteiger partial charge in [-0.05, 0) is 30.8 Å². The predicted octanol–water partition coefficient (Wildman–Crippen LogP) is 2.82. The van der Waals surface area contributed by atoms with Crippen molar-refractivity contribution in [3.05, 3.63) is 40.8 Å². The monoisotopic (exact) mass is 266 g/mol. The topological polar surface area (TPSA) is 38.1 Å². The van der Waals surface area contributed by atoms with E-state index in [9.17, 15) is 0 Å². The van der Waals surface area contributed by atoms with Crippen LogP contribution in [0.15, 0.2) is 39.7 Å². The third kappa shape index (κ3) is 2.46. The summed E-state index contributed by atoms with van der Waals surface area (Å²) in [6, 6.07) is 6.18. The van der Waals surface area contributed by atoms with Crippen LogP contribution in [-0.2, 0) is 6.54 Å². The van der Waals surface area contributed by atoms with Crippen LogP contribution in [0.3, 0.4) is 0 Å². The van der Waals surface area contributed by atoms with E-state index in [2.05, 4.69) is 38.4 Å². The van der Waals surface area contributed by atoms with E-state index >= 15 is 0 Å². The number of hydrogen-bond donors (Lipinski definition) is 1. The van der Waals surface area contributed by atoms with Crippen LogP contribution in [-0.4, -0.2) is 12.0 Å². The summed E-state index contributed by atoms with van der Waals surface area (Å²) in [5, 5.41) is 3.12. The molecule has 0 spiro atoms. The zero-order valence-electron chi connectivity index (χ0n) is 8.33. The van der Waals surface area contributed by atoms with Gasteiger partial charge in [0.2, 0.25) is 0 Å². The highest BCUT2D eigenvalue weighted by Crippen LogP contribution is 2.24. The Kier molecular flexibility index (Phi) is 3.18. The van der Waals surface area contributed by atoms with Crippen LogP contribution in [0, 0.1) is 0 Å². The summed E-state index contributed by atoms with van der Waals surface area (Å²) in [6.45, 7) is 0.834. The van der Waals surface area contributed by atoms with Crippen LogP contribution in [0.1, 0.15) is 5.56 Å². The maximum Gasteiger partial charge on any atom is 0.181 e. The first kappa shape index (κ1) is 10.4. The minimum Gasteiger partial charge on any atom is -0.444 e. The fraction of sp³-hybridized carbons (Fsp3) is 0.182. The molecule has 0 radical (unpaired) electrons. The summed E-state index contributed by atoms with van der Waals surface area (Å²) < 4.78 is 6.30. The van der Waals surface area contributed by atoms with Crippen molar-refractivity contribution in [2.75, 3.05) is 7.05 Å². The number of rotatable bonds is 3. The molecule has 2 aromatic rings. The average Bonchev–Trinajstić information content (AvgIpc) is 2.70. The van der Waals surface area contributed by atoms with Crippen LogP contribution in [0.25, 0.3) is 11.3 Å². The predicted molar refractivity (Wildman–Crippen MR) is 62.4 cm³/mol. The van der Waals surface area contributed by atoms with Gasteiger partial charge in [0.1, 0.15) is 0 Å². The Morgan fingerprint density at radius 1 is 1.40 bits per heavy atom. The molecule has 78 valence electrons. The normalized spacial score (nSPS) is 10.5. The van der Waals surface area contributed by atoms with Crippen molar-refractivity contribution in [1.82, 2.24) is 10.3 Å². The molecule has 0 atom stereocenters. The molecule has 1 aromatic heterocycles. The Balaban J connectivity index is 2.40. The average molecular weight is 267 g/mol. The van der Waals surface area contributed by atoms with Gasteiger partial charge in [0.25, 0.3) is 0 Å². The second-order valence-electron chi connectivity index (χ2n) is 3.24. The Morgan fingerprint density at radius 2 is 2.27 bits per heavy atom. The summed E-state index contributed by atoms with van der Waals surface area (Å²) in [6.07, 6.45) is 3.15.